The number of amides is 1. The van der Waals surface area contributed by atoms with Gasteiger partial charge in [-0.25, -0.2) is 4.98 Å². The molecule has 29 heavy (non-hydrogen) atoms. The summed E-state index contributed by atoms with van der Waals surface area (Å²) >= 11 is 6.09. The van der Waals surface area contributed by atoms with Crippen molar-refractivity contribution in [3.63, 3.8) is 0 Å². The number of hydrogen-bond acceptors (Lipinski definition) is 5. The van der Waals surface area contributed by atoms with E-state index in [0.29, 0.717) is 38.7 Å². The highest BCUT2D eigenvalue weighted by Crippen LogP contribution is 2.34. The number of nitrogens with one attached hydrogen (secondary N) is 1. The topological polar surface area (TPSA) is 84.6 Å². The van der Waals surface area contributed by atoms with Crippen LogP contribution in [0, 0.1) is 6.92 Å². The SMILES string of the molecule is COc1ccc(C(=O)Nc2ccc(O)c(-c3nc4cc(C)ccc4o3)c2)cc1Cl. The number of halogens is 1. The Hall–Kier alpha value is -3.51. The number of methoxy groups -OCH3 is 1. The Balaban J connectivity index is 1.64. The summed E-state index contributed by atoms with van der Waals surface area (Å²) in [6.45, 7) is 1.97. The Morgan fingerprint density at radius 3 is 2.72 bits per heavy atom. The number of carbonyl (C=O) groups excluding carboxylic acids is 1. The molecule has 0 aliphatic carbocycles. The van der Waals surface area contributed by atoms with E-state index in [2.05, 4.69) is 10.3 Å². The van der Waals surface area contributed by atoms with Crippen LogP contribution in [0.25, 0.3) is 22.6 Å². The van der Waals surface area contributed by atoms with E-state index >= 15 is 0 Å². The molecule has 0 unspecified atom stereocenters. The van der Waals surface area contributed by atoms with E-state index < -0.39 is 0 Å². The average Bonchev–Trinajstić information content (AvgIpc) is 3.12. The summed E-state index contributed by atoms with van der Waals surface area (Å²) in [7, 11) is 1.51. The van der Waals surface area contributed by atoms with E-state index in [1.54, 1.807) is 24.3 Å². The molecule has 6 nitrogen and oxygen atoms in total. The molecule has 3 aromatic carbocycles. The van der Waals surface area contributed by atoms with E-state index in [-0.39, 0.29) is 17.5 Å². The van der Waals surface area contributed by atoms with Gasteiger partial charge in [-0.1, -0.05) is 17.7 Å². The van der Waals surface area contributed by atoms with Crippen molar-refractivity contribution in [1.29, 1.82) is 0 Å². The Morgan fingerprint density at radius 2 is 1.97 bits per heavy atom. The molecule has 0 saturated carbocycles. The molecule has 0 aliphatic heterocycles. The summed E-state index contributed by atoms with van der Waals surface area (Å²) in [5.74, 6) is 0.408. The molecule has 7 heteroatoms. The van der Waals surface area contributed by atoms with E-state index in [4.69, 9.17) is 20.8 Å². The maximum Gasteiger partial charge on any atom is 0.255 e. The summed E-state index contributed by atoms with van der Waals surface area (Å²) < 4.78 is 10.9. The van der Waals surface area contributed by atoms with Crippen LogP contribution in [0.1, 0.15) is 15.9 Å². The highest BCUT2D eigenvalue weighted by molar-refractivity contribution is 6.32. The summed E-state index contributed by atoms with van der Waals surface area (Å²) in [5, 5.41) is 13.4. The molecule has 0 bridgehead atoms. The van der Waals surface area contributed by atoms with Gasteiger partial charge in [-0.3, -0.25) is 4.79 Å². The highest BCUT2D eigenvalue weighted by Gasteiger charge is 2.15. The summed E-state index contributed by atoms with van der Waals surface area (Å²) in [6, 6.07) is 15.1. The number of aryl methyl sites for hydroxylation is 1. The molecule has 1 heterocycles. The first-order valence-electron chi connectivity index (χ1n) is 8.80. The average molecular weight is 409 g/mol. The zero-order valence-corrected chi connectivity index (χ0v) is 16.4. The lowest BCUT2D eigenvalue weighted by molar-refractivity contribution is 0.102. The van der Waals surface area contributed by atoms with Crippen molar-refractivity contribution in [2.45, 2.75) is 6.92 Å². The minimum Gasteiger partial charge on any atom is -0.507 e. The summed E-state index contributed by atoms with van der Waals surface area (Å²) in [4.78, 5) is 17.0. The maximum absolute atomic E-state index is 12.6. The van der Waals surface area contributed by atoms with Crippen LogP contribution in [0.15, 0.2) is 59.0 Å². The molecule has 0 spiro atoms. The molecule has 4 rings (SSSR count). The van der Waals surface area contributed by atoms with Gasteiger partial charge in [-0.2, -0.15) is 0 Å². The zero-order chi connectivity index (χ0) is 20.5. The van der Waals surface area contributed by atoms with Gasteiger partial charge in [-0.15, -0.1) is 0 Å². The van der Waals surface area contributed by atoms with Crippen LogP contribution in [0.3, 0.4) is 0 Å². The first-order valence-corrected chi connectivity index (χ1v) is 9.18. The number of ether oxygens (including phenoxy) is 1. The van der Waals surface area contributed by atoms with Gasteiger partial charge in [-0.05, 0) is 61.0 Å². The van der Waals surface area contributed by atoms with Gasteiger partial charge in [0, 0.05) is 11.3 Å². The fraction of sp³-hybridized carbons (Fsp3) is 0.0909. The third-order valence-electron chi connectivity index (χ3n) is 4.44. The standard InChI is InChI=1S/C22H17ClN2O4/c1-12-3-7-20-17(9-12)25-22(29-20)15-11-14(5-6-18(15)26)24-21(27)13-4-8-19(28-2)16(23)10-13/h3-11,26H,1-2H3,(H,24,27). The van der Waals surface area contributed by atoms with Crippen molar-refractivity contribution in [3.8, 4) is 23.0 Å². The van der Waals surface area contributed by atoms with Gasteiger partial charge < -0.3 is 19.6 Å². The van der Waals surface area contributed by atoms with Gasteiger partial charge in [0.25, 0.3) is 5.91 Å². The van der Waals surface area contributed by atoms with Crippen molar-refractivity contribution in [1.82, 2.24) is 4.98 Å². The molecule has 0 aliphatic rings. The largest absolute Gasteiger partial charge is 0.507 e. The van der Waals surface area contributed by atoms with Crippen LogP contribution >= 0.6 is 11.6 Å². The van der Waals surface area contributed by atoms with Crippen LogP contribution in [0.2, 0.25) is 5.02 Å². The number of anilines is 1. The van der Waals surface area contributed by atoms with Gasteiger partial charge in [0.2, 0.25) is 5.89 Å². The number of nitrogens with zero attached hydrogens (tertiary/aromatic N) is 1. The molecule has 0 saturated heterocycles. The lowest BCUT2D eigenvalue weighted by Gasteiger charge is -2.09. The molecule has 0 atom stereocenters. The van der Waals surface area contributed by atoms with Crippen LogP contribution < -0.4 is 10.1 Å². The third kappa shape index (κ3) is 3.75. The molecular weight excluding hydrogens is 392 g/mol. The molecule has 146 valence electrons. The number of carbonyl (C=O) groups is 1. The predicted octanol–water partition coefficient (Wildman–Crippen LogP) is 5.42. The summed E-state index contributed by atoms with van der Waals surface area (Å²) in [5.41, 5.74) is 3.61. The minimum atomic E-state index is -0.348. The Bertz CT molecular complexity index is 1230. The van der Waals surface area contributed by atoms with Crippen molar-refractivity contribution in [2.24, 2.45) is 0 Å². The second kappa shape index (κ2) is 7.48. The molecule has 4 aromatic rings. The molecule has 1 aromatic heterocycles. The molecule has 2 N–H and O–H groups in total. The Morgan fingerprint density at radius 1 is 1.14 bits per heavy atom. The van der Waals surface area contributed by atoms with Gasteiger partial charge in [0.1, 0.15) is 17.0 Å². The normalized spacial score (nSPS) is 10.9. The first-order chi connectivity index (χ1) is 13.9. The number of aromatic hydroxyl groups is 1. The lowest BCUT2D eigenvalue weighted by Crippen LogP contribution is -2.12. The van der Waals surface area contributed by atoms with Gasteiger partial charge >= 0.3 is 0 Å². The van der Waals surface area contributed by atoms with Crippen LogP contribution in [-0.4, -0.2) is 23.1 Å². The predicted molar refractivity (Wildman–Crippen MR) is 112 cm³/mol. The van der Waals surface area contributed by atoms with Crippen LogP contribution in [-0.2, 0) is 0 Å². The second-order valence-corrected chi connectivity index (χ2v) is 6.93. The van der Waals surface area contributed by atoms with Gasteiger partial charge in [0.15, 0.2) is 5.58 Å². The monoisotopic (exact) mass is 408 g/mol. The molecular formula is C22H17ClN2O4. The number of phenolic OH excluding ortho intramolecular Hbond substituents is 1. The second-order valence-electron chi connectivity index (χ2n) is 6.53. The van der Waals surface area contributed by atoms with Crippen LogP contribution in [0.4, 0.5) is 5.69 Å². The minimum absolute atomic E-state index is 0.00114. The number of rotatable bonds is 4. The van der Waals surface area contributed by atoms with Crippen molar-refractivity contribution in [2.75, 3.05) is 12.4 Å². The Kier molecular flexibility index (Phi) is 4.86. The smallest absolute Gasteiger partial charge is 0.255 e. The third-order valence-corrected chi connectivity index (χ3v) is 4.74. The Labute approximate surface area is 171 Å². The van der Waals surface area contributed by atoms with Crippen molar-refractivity contribution in [3.05, 3.63) is 70.7 Å². The molecule has 0 fully saturated rings. The fourth-order valence-corrected chi connectivity index (χ4v) is 3.21. The quantitative estimate of drug-likeness (QED) is 0.440. The number of oxazole rings is 1. The van der Waals surface area contributed by atoms with E-state index in [9.17, 15) is 9.90 Å². The van der Waals surface area contributed by atoms with Crippen molar-refractivity contribution >= 4 is 34.3 Å². The highest BCUT2D eigenvalue weighted by atomic mass is 35.5. The van der Waals surface area contributed by atoms with Crippen LogP contribution in [0.5, 0.6) is 11.5 Å². The van der Waals surface area contributed by atoms with E-state index in [0.717, 1.165) is 5.56 Å². The number of phenols is 1. The van der Waals surface area contributed by atoms with E-state index in [1.807, 2.05) is 25.1 Å². The molecule has 0 radical (unpaired) electrons. The van der Waals surface area contributed by atoms with Gasteiger partial charge in [0.05, 0.1) is 17.7 Å². The lowest BCUT2D eigenvalue weighted by atomic mass is 10.1. The van der Waals surface area contributed by atoms with Crippen molar-refractivity contribution < 1.29 is 19.1 Å². The zero-order valence-electron chi connectivity index (χ0n) is 15.7. The number of hydrogen-bond donors (Lipinski definition) is 2. The van der Waals surface area contributed by atoms with E-state index in [1.165, 1.54) is 19.2 Å². The molecule has 1 amide bonds. The maximum atomic E-state index is 12.6. The first kappa shape index (κ1) is 18.8. The number of benzene rings is 3. The fourth-order valence-electron chi connectivity index (χ4n) is 2.95. The number of aromatic nitrogens is 1. The summed E-state index contributed by atoms with van der Waals surface area (Å²) in [6.07, 6.45) is 0. The number of fused-ring (bicyclic) bond motifs is 1.